The molecule has 0 bridgehead atoms. The van der Waals surface area contributed by atoms with E-state index in [1.165, 1.54) is 39.5 Å². The molecule has 1 aliphatic rings. The topological polar surface area (TPSA) is 69.4 Å². The third kappa shape index (κ3) is 13.1. The minimum absolute atomic E-state index is 0.0278. The SMILES string of the molecule is CC.CC(=O)OCC1CCCCC1C.CC[N+](=O)[O-]. The molecule has 0 aliphatic heterocycles. The van der Waals surface area contributed by atoms with Crippen molar-refractivity contribution in [2.45, 2.75) is 60.3 Å². The molecule has 2 unspecified atom stereocenters. The molecule has 0 heterocycles. The van der Waals surface area contributed by atoms with Crippen LogP contribution in [0.2, 0.25) is 0 Å². The molecule has 1 rings (SSSR count). The molecule has 114 valence electrons. The van der Waals surface area contributed by atoms with E-state index >= 15 is 0 Å². The summed E-state index contributed by atoms with van der Waals surface area (Å²) in [6.07, 6.45) is 5.17. The molecule has 0 aromatic heterocycles. The highest BCUT2D eigenvalue weighted by Gasteiger charge is 2.21. The first-order chi connectivity index (χ1) is 8.97. The molecule has 1 saturated carbocycles. The number of hydrogen-bond acceptors (Lipinski definition) is 4. The van der Waals surface area contributed by atoms with Crippen molar-refractivity contribution >= 4 is 5.97 Å². The van der Waals surface area contributed by atoms with Gasteiger partial charge in [-0.25, -0.2) is 0 Å². The molecule has 0 amide bonds. The van der Waals surface area contributed by atoms with Gasteiger partial charge in [-0.1, -0.05) is 40.0 Å². The molecule has 2 atom stereocenters. The number of hydrogen-bond donors (Lipinski definition) is 0. The highest BCUT2D eigenvalue weighted by molar-refractivity contribution is 5.65. The average molecular weight is 275 g/mol. The molecule has 0 saturated heterocycles. The molecular formula is C14H29NO4. The summed E-state index contributed by atoms with van der Waals surface area (Å²) in [6, 6.07) is 0. The van der Waals surface area contributed by atoms with Crippen molar-refractivity contribution in [3.63, 3.8) is 0 Å². The van der Waals surface area contributed by atoms with Crippen LogP contribution >= 0.6 is 0 Å². The number of nitrogens with zero attached hydrogens (tertiary/aromatic N) is 1. The Morgan fingerprint density at radius 3 is 2.16 bits per heavy atom. The van der Waals surface area contributed by atoms with Crippen LogP contribution in [0.4, 0.5) is 0 Å². The fourth-order valence-corrected chi connectivity index (χ4v) is 1.87. The zero-order valence-electron chi connectivity index (χ0n) is 13.0. The van der Waals surface area contributed by atoms with Gasteiger partial charge in [-0.3, -0.25) is 14.9 Å². The van der Waals surface area contributed by atoms with Crippen LogP contribution in [-0.4, -0.2) is 24.0 Å². The Labute approximate surface area is 116 Å². The Morgan fingerprint density at radius 2 is 1.79 bits per heavy atom. The first-order valence-electron chi connectivity index (χ1n) is 7.22. The van der Waals surface area contributed by atoms with Crippen LogP contribution in [0.5, 0.6) is 0 Å². The number of carbonyl (C=O) groups is 1. The largest absolute Gasteiger partial charge is 0.466 e. The summed E-state index contributed by atoms with van der Waals surface area (Å²) in [5.74, 6) is 1.20. The summed E-state index contributed by atoms with van der Waals surface area (Å²) in [5.41, 5.74) is 0. The van der Waals surface area contributed by atoms with Gasteiger partial charge < -0.3 is 4.74 Å². The van der Waals surface area contributed by atoms with Gasteiger partial charge in [0, 0.05) is 18.8 Å². The Kier molecular flexibility index (Phi) is 14.1. The second-order valence-corrected chi connectivity index (χ2v) is 4.47. The monoisotopic (exact) mass is 275 g/mol. The van der Waals surface area contributed by atoms with Gasteiger partial charge in [0.05, 0.1) is 6.61 Å². The summed E-state index contributed by atoms with van der Waals surface area (Å²) in [7, 11) is 0. The van der Waals surface area contributed by atoms with E-state index in [2.05, 4.69) is 6.92 Å². The minimum atomic E-state index is -0.375. The predicted molar refractivity (Wildman–Crippen MR) is 76.6 cm³/mol. The van der Waals surface area contributed by atoms with Gasteiger partial charge in [-0.05, 0) is 18.3 Å². The molecule has 0 aromatic rings. The highest BCUT2D eigenvalue weighted by atomic mass is 16.6. The Balaban J connectivity index is 0. The predicted octanol–water partition coefficient (Wildman–Crippen LogP) is 3.69. The summed E-state index contributed by atoms with van der Waals surface area (Å²) < 4.78 is 5.01. The fourth-order valence-electron chi connectivity index (χ4n) is 1.87. The van der Waals surface area contributed by atoms with Crippen molar-refractivity contribution in [3.8, 4) is 0 Å². The van der Waals surface area contributed by atoms with Crippen molar-refractivity contribution in [2.24, 2.45) is 11.8 Å². The summed E-state index contributed by atoms with van der Waals surface area (Å²) in [6.45, 7) is 9.90. The first-order valence-corrected chi connectivity index (χ1v) is 7.22. The fraction of sp³-hybridized carbons (Fsp3) is 0.929. The van der Waals surface area contributed by atoms with Crippen LogP contribution < -0.4 is 0 Å². The van der Waals surface area contributed by atoms with Crippen LogP contribution in [0, 0.1) is 22.0 Å². The number of nitro groups is 1. The van der Waals surface area contributed by atoms with Gasteiger partial charge >= 0.3 is 5.97 Å². The van der Waals surface area contributed by atoms with E-state index in [4.69, 9.17) is 4.74 Å². The molecule has 0 radical (unpaired) electrons. The summed E-state index contributed by atoms with van der Waals surface area (Å²) in [4.78, 5) is 19.4. The lowest BCUT2D eigenvalue weighted by molar-refractivity contribution is -0.475. The van der Waals surface area contributed by atoms with Gasteiger partial charge in [0.2, 0.25) is 6.54 Å². The molecule has 5 nitrogen and oxygen atoms in total. The van der Waals surface area contributed by atoms with E-state index in [0.29, 0.717) is 12.5 Å². The van der Waals surface area contributed by atoms with E-state index in [1.807, 2.05) is 13.8 Å². The van der Waals surface area contributed by atoms with E-state index in [1.54, 1.807) is 0 Å². The molecule has 0 aromatic carbocycles. The van der Waals surface area contributed by atoms with Crippen LogP contribution in [0.1, 0.15) is 60.3 Å². The molecule has 0 N–H and O–H groups in total. The zero-order chi connectivity index (χ0) is 15.3. The summed E-state index contributed by atoms with van der Waals surface area (Å²) >= 11 is 0. The van der Waals surface area contributed by atoms with E-state index in [-0.39, 0.29) is 17.4 Å². The lowest BCUT2D eigenvalue weighted by Gasteiger charge is -2.27. The number of rotatable bonds is 3. The van der Waals surface area contributed by atoms with Gasteiger partial charge in [-0.2, -0.15) is 0 Å². The van der Waals surface area contributed by atoms with Crippen molar-refractivity contribution in [1.29, 1.82) is 0 Å². The Bertz CT molecular complexity index is 244. The lowest BCUT2D eigenvalue weighted by Crippen LogP contribution is -2.22. The molecular weight excluding hydrogens is 246 g/mol. The van der Waals surface area contributed by atoms with E-state index in [9.17, 15) is 14.9 Å². The number of ether oxygens (including phenoxy) is 1. The molecule has 19 heavy (non-hydrogen) atoms. The highest BCUT2D eigenvalue weighted by Crippen LogP contribution is 2.29. The van der Waals surface area contributed by atoms with Crippen molar-refractivity contribution < 1.29 is 14.5 Å². The van der Waals surface area contributed by atoms with Crippen LogP contribution in [0.3, 0.4) is 0 Å². The van der Waals surface area contributed by atoms with Gasteiger partial charge in [0.15, 0.2) is 0 Å². The Hall–Kier alpha value is -1.13. The maximum absolute atomic E-state index is 10.6. The third-order valence-electron chi connectivity index (χ3n) is 3.05. The molecule has 0 spiro atoms. The number of carbonyl (C=O) groups excluding carboxylic acids is 1. The van der Waals surface area contributed by atoms with E-state index < -0.39 is 0 Å². The van der Waals surface area contributed by atoms with E-state index in [0.717, 1.165) is 5.92 Å². The van der Waals surface area contributed by atoms with Gasteiger partial charge in [0.1, 0.15) is 0 Å². The standard InChI is InChI=1S/C10H18O2.C2H5NO2.C2H6/c1-8-5-3-4-6-10(8)7-12-9(2)11;1-2-3(4)5;1-2/h8,10H,3-7H2,1-2H3;2H2,1H3;1-2H3. The third-order valence-corrected chi connectivity index (χ3v) is 3.05. The minimum Gasteiger partial charge on any atom is -0.466 e. The molecule has 5 heteroatoms. The van der Waals surface area contributed by atoms with Crippen molar-refractivity contribution in [3.05, 3.63) is 10.1 Å². The first kappa shape index (κ1) is 20.2. The Morgan fingerprint density at radius 1 is 1.32 bits per heavy atom. The average Bonchev–Trinajstić information content (AvgIpc) is 2.40. The summed E-state index contributed by atoms with van der Waals surface area (Å²) in [5, 5.41) is 9.17. The number of esters is 1. The quantitative estimate of drug-likeness (QED) is 0.447. The van der Waals surface area contributed by atoms with Gasteiger partial charge in [-0.15, -0.1) is 0 Å². The smallest absolute Gasteiger partial charge is 0.302 e. The van der Waals surface area contributed by atoms with Crippen LogP contribution in [-0.2, 0) is 9.53 Å². The molecule has 1 fully saturated rings. The van der Waals surface area contributed by atoms with Crippen LogP contribution in [0.25, 0.3) is 0 Å². The second kappa shape index (κ2) is 13.3. The maximum Gasteiger partial charge on any atom is 0.302 e. The lowest BCUT2D eigenvalue weighted by atomic mass is 9.81. The van der Waals surface area contributed by atoms with Gasteiger partial charge in [0.25, 0.3) is 0 Å². The zero-order valence-corrected chi connectivity index (χ0v) is 13.0. The van der Waals surface area contributed by atoms with Crippen molar-refractivity contribution in [2.75, 3.05) is 13.2 Å². The second-order valence-electron chi connectivity index (χ2n) is 4.47. The van der Waals surface area contributed by atoms with Crippen LogP contribution in [0.15, 0.2) is 0 Å². The van der Waals surface area contributed by atoms with Crippen molar-refractivity contribution in [1.82, 2.24) is 0 Å². The molecule has 1 aliphatic carbocycles. The maximum atomic E-state index is 10.6. The normalized spacial score (nSPS) is 21.1.